The van der Waals surface area contributed by atoms with E-state index in [1.807, 2.05) is 0 Å². The highest BCUT2D eigenvalue weighted by Gasteiger charge is 2.54. The second kappa shape index (κ2) is 8.67. The van der Waals surface area contributed by atoms with Gasteiger partial charge in [0.05, 0.1) is 5.03 Å². The summed E-state index contributed by atoms with van der Waals surface area (Å²) in [7, 11) is 0. The maximum absolute atomic E-state index is 12.7. The quantitative estimate of drug-likeness (QED) is 0.230. The van der Waals surface area contributed by atoms with Crippen molar-refractivity contribution in [2.75, 3.05) is 18.1 Å². The van der Waals surface area contributed by atoms with Crippen LogP contribution in [-0.2, 0) is 24.0 Å². The topological polar surface area (TPSA) is 185 Å². The molecule has 0 saturated carbocycles. The third-order valence-electron chi connectivity index (χ3n) is 3.80. The Morgan fingerprint density at radius 1 is 1.37 bits per heavy atom. The number of oxime groups is 1. The number of hydrogen-bond donors (Lipinski definition) is 4. The molecule has 0 bridgehead atoms. The number of hydrogen-bond acceptors (Lipinski definition) is 10. The molecule has 3 rings (SSSR count). The lowest BCUT2D eigenvalue weighted by Crippen LogP contribution is -2.71. The Labute approximate surface area is 185 Å². The lowest BCUT2D eigenvalue weighted by atomic mass is 10.0. The van der Waals surface area contributed by atoms with Crippen LogP contribution >= 0.6 is 46.3 Å². The number of fused-ring (bicyclic) bond motifs is 1. The number of nitrogens with two attached hydrogens (primary N) is 1. The number of thioether (sulfide) groups is 1. The summed E-state index contributed by atoms with van der Waals surface area (Å²) in [4.78, 5) is 56.7. The third kappa shape index (κ3) is 4.16. The summed E-state index contributed by atoms with van der Waals surface area (Å²) in [6, 6.07) is -1.08. The molecule has 0 spiro atoms. The van der Waals surface area contributed by atoms with Crippen molar-refractivity contribution in [3.63, 3.8) is 0 Å². The van der Waals surface area contributed by atoms with Crippen molar-refractivity contribution in [3.8, 4) is 0 Å². The summed E-state index contributed by atoms with van der Waals surface area (Å²) in [6.07, 6.45) is 0. The molecule has 2 amide bonds. The number of carboxylic acids is 2. The molecule has 160 valence electrons. The number of nitrogen functional groups attached to an aromatic ring is 1. The molecule has 1 saturated heterocycles. The number of nitrogens with zero attached hydrogens (tertiary/aromatic N) is 3. The Balaban J connectivity index is 1.82. The Morgan fingerprint density at radius 2 is 2.07 bits per heavy atom. The van der Waals surface area contributed by atoms with E-state index in [4.69, 9.17) is 34.0 Å². The summed E-state index contributed by atoms with van der Waals surface area (Å²) < 4.78 is -0.00296. The van der Waals surface area contributed by atoms with E-state index in [-0.39, 0.29) is 31.6 Å². The van der Waals surface area contributed by atoms with Crippen molar-refractivity contribution in [3.05, 3.63) is 20.8 Å². The molecule has 2 aliphatic heterocycles. The zero-order valence-corrected chi connectivity index (χ0v) is 17.6. The second-order valence-electron chi connectivity index (χ2n) is 5.70. The zero-order valence-electron chi connectivity index (χ0n) is 14.5. The minimum absolute atomic E-state index is 0.00296. The molecule has 12 nitrogen and oxygen atoms in total. The standard InChI is InChI=1S/C14H11Cl2N5O7S2/c15-3-2-29-12-7(11(25)21(12)8(3)13(26)27)18-10(24)6(20-28-1-4(22)23)5-9(16)30-14(17)19-5/h7,12H,1-2H2,(H2,17,19)(H,18,24)(H,22,23)(H,26,27)/t7?,12-/m0/s1. The number of aromatic nitrogens is 1. The second-order valence-corrected chi connectivity index (χ2v) is 8.90. The van der Waals surface area contributed by atoms with Crippen LogP contribution in [0.4, 0.5) is 5.13 Å². The smallest absolute Gasteiger partial charge is 0.353 e. The molecule has 1 fully saturated rings. The van der Waals surface area contributed by atoms with Crippen LogP contribution in [0.3, 0.4) is 0 Å². The first-order valence-corrected chi connectivity index (χ1v) is 10.4. The van der Waals surface area contributed by atoms with Crippen molar-refractivity contribution < 1.29 is 34.2 Å². The molecule has 5 N–H and O–H groups in total. The van der Waals surface area contributed by atoms with Gasteiger partial charge in [0, 0.05) is 5.75 Å². The first-order chi connectivity index (χ1) is 14.1. The van der Waals surface area contributed by atoms with Crippen molar-refractivity contribution in [2.24, 2.45) is 5.16 Å². The van der Waals surface area contributed by atoms with Gasteiger partial charge in [-0.25, -0.2) is 14.6 Å². The van der Waals surface area contributed by atoms with E-state index in [9.17, 15) is 24.3 Å². The number of halogens is 2. The number of nitrogens with one attached hydrogen (secondary N) is 1. The molecule has 1 unspecified atom stereocenters. The molecule has 1 aromatic heterocycles. The Hall–Kier alpha value is -2.55. The number of carbonyl (C=O) groups is 4. The maximum Gasteiger partial charge on any atom is 0.353 e. The average molecular weight is 496 g/mol. The Kier molecular flexibility index (Phi) is 6.40. The molecule has 16 heteroatoms. The van der Waals surface area contributed by atoms with Gasteiger partial charge in [-0.1, -0.05) is 39.7 Å². The van der Waals surface area contributed by atoms with Crippen LogP contribution in [0.2, 0.25) is 4.34 Å². The van der Waals surface area contributed by atoms with Gasteiger partial charge < -0.3 is 26.1 Å². The van der Waals surface area contributed by atoms with E-state index < -0.39 is 47.5 Å². The van der Waals surface area contributed by atoms with Crippen LogP contribution in [-0.4, -0.2) is 73.3 Å². The summed E-state index contributed by atoms with van der Waals surface area (Å²) in [6.45, 7) is -0.839. The molecule has 2 atom stereocenters. The number of thiazole rings is 1. The summed E-state index contributed by atoms with van der Waals surface area (Å²) in [5.74, 6) is -4.19. The van der Waals surface area contributed by atoms with Crippen LogP contribution in [0, 0.1) is 0 Å². The fraction of sp³-hybridized carbons (Fsp3) is 0.286. The van der Waals surface area contributed by atoms with Crippen molar-refractivity contribution in [1.82, 2.24) is 15.2 Å². The molecule has 0 aromatic carbocycles. The monoisotopic (exact) mass is 495 g/mol. The van der Waals surface area contributed by atoms with Crippen LogP contribution in [0.1, 0.15) is 5.69 Å². The van der Waals surface area contributed by atoms with E-state index in [0.717, 1.165) is 28.0 Å². The van der Waals surface area contributed by atoms with Gasteiger partial charge in [-0.3, -0.25) is 14.5 Å². The number of anilines is 1. The van der Waals surface area contributed by atoms with Crippen molar-refractivity contribution in [1.29, 1.82) is 0 Å². The van der Waals surface area contributed by atoms with Gasteiger partial charge in [-0.05, 0) is 0 Å². The van der Waals surface area contributed by atoms with Crippen molar-refractivity contribution >= 4 is 80.9 Å². The van der Waals surface area contributed by atoms with E-state index in [0.29, 0.717) is 0 Å². The number of aliphatic carboxylic acids is 2. The van der Waals surface area contributed by atoms with Gasteiger partial charge in [0.15, 0.2) is 10.8 Å². The Bertz CT molecular complexity index is 1010. The average Bonchev–Trinajstić information content (AvgIpc) is 3.00. The molecule has 0 aliphatic carbocycles. The van der Waals surface area contributed by atoms with Crippen molar-refractivity contribution in [2.45, 2.75) is 11.4 Å². The predicted molar refractivity (Wildman–Crippen MR) is 107 cm³/mol. The molecule has 0 radical (unpaired) electrons. The SMILES string of the molecule is Nc1nc(C(=NOCC(=O)O)C(=O)NC2C(=O)N3C(C(=O)O)=C(Cl)CS[C@@H]23)c(Cl)s1. The summed E-state index contributed by atoms with van der Waals surface area (Å²) in [5.41, 5.74) is 4.57. The molecule has 30 heavy (non-hydrogen) atoms. The first-order valence-electron chi connectivity index (χ1n) is 7.83. The van der Waals surface area contributed by atoms with E-state index in [2.05, 4.69) is 20.3 Å². The van der Waals surface area contributed by atoms with Gasteiger partial charge in [-0.2, -0.15) is 0 Å². The third-order valence-corrected chi connectivity index (χ3v) is 6.63. The van der Waals surface area contributed by atoms with E-state index >= 15 is 0 Å². The number of amides is 2. The minimum atomic E-state index is -1.36. The van der Waals surface area contributed by atoms with Gasteiger partial charge in [-0.15, -0.1) is 11.8 Å². The molecular formula is C14H11Cl2N5O7S2. The predicted octanol–water partition coefficient (Wildman–Crippen LogP) is 0.119. The molecule has 2 aliphatic rings. The highest BCUT2D eigenvalue weighted by atomic mass is 35.5. The molecule has 3 heterocycles. The van der Waals surface area contributed by atoms with E-state index in [1.165, 1.54) is 0 Å². The highest BCUT2D eigenvalue weighted by Crippen LogP contribution is 2.41. The summed E-state index contributed by atoms with van der Waals surface area (Å²) >= 11 is 13.9. The van der Waals surface area contributed by atoms with E-state index in [1.54, 1.807) is 0 Å². The number of carboxylic acid groups (broad SMARTS) is 2. The van der Waals surface area contributed by atoms with Crippen LogP contribution in [0.5, 0.6) is 0 Å². The highest BCUT2D eigenvalue weighted by molar-refractivity contribution is 8.00. The lowest BCUT2D eigenvalue weighted by molar-refractivity contribution is -0.150. The Morgan fingerprint density at radius 3 is 2.63 bits per heavy atom. The molecular weight excluding hydrogens is 485 g/mol. The van der Waals surface area contributed by atoms with Crippen LogP contribution in [0.15, 0.2) is 15.9 Å². The number of rotatable bonds is 7. The lowest BCUT2D eigenvalue weighted by Gasteiger charge is -2.48. The van der Waals surface area contributed by atoms with Gasteiger partial charge in [0.2, 0.25) is 6.61 Å². The van der Waals surface area contributed by atoms with Gasteiger partial charge >= 0.3 is 11.9 Å². The van der Waals surface area contributed by atoms with Gasteiger partial charge in [0.1, 0.15) is 27.1 Å². The normalized spacial score (nSPS) is 21.1. The maximum atomic E-state index is 12.7. The van der Waals surface area contributed by atoms with Crippen LogP contribution < -0.4 is 11.1 Å². The molecule has 1 aromatic rings. The summed E-state index contributed by atoms with van der Waals surface area (Å²) in [5, 5.41) is 23.2. The van der Waals surface area contributed by atoms with Gasteiger partial charge in [0.25, 0.3) is 11.8 Å². The first kappa shape index (κ1) is 22.1. The number of carbonyl (C=O) groups excluding carboxylic acids is 2. The minimum Gasteiger partial charge on any atom is -0.479 e. The van der Waals surface area contributed by atoms with Crippen LogP contribution in [0.25, 0.3) is 0 Å². The number of β-lactam (4-membered cyclic amide) rings is 1. The largest absolute Gasteiger partial charge is 0.479 e. The fourth-order valence-electron chi connectivity index (χ4n) is 2.60. The fourth-order valence-corrected chi connectivity index (χ4v) is 5.08. The zero-order chi connectivity index (χ0) is 22.2.